The molecular weight excluding hydrogens is 354 g/mol. The van der Waals surface area contributed by atoms with Crippen molar-refractivity contribution < 1.29 is 13.3 Å². The fourth-order valence-corrected chi connectivity index (χ4v) is 4.64. The normalized spacial score (nSPS) is 17.7. The minimum atomic E-state index is -3.73. The molecule has 1 heterocycles. The Morgan fingerprint density at radius 1 is 1.00 bits per heavy atom. The molecule has 3 rings (SSSR count). The molecule has 138 valence electrons. The molecular formula is C18H21N3O4S. The summed E-state index contributed by atoms with van der Waals surface area (Å²) in [5, 5.41) is 10.9. The minimum absolute atomic E-state index is 0.0312. The van der Waals surface area contributed by atoms with E-state index < -0.39 is 14.9 Å². The average molecular weight is 375 g/mol. The van der Waals surface area contributed by atoms with Gasteiger partial charge in [-0.25, -0.2) is 8.42 Å². The topological polar surface area (TPSA) is 83.8 Å². The molecule has 0 radical (unpaired) electrons. The van der Waals surface area contributed by atoms with Crippen LogP contribution in [0.25, 0.3) is 0 Å². The molecule has 1 atom stereocenters. The zero-order valence-electron chi connectivity index (χ0n) is 14.5. The Labute approximate surface area is 153 Å². The first kappa shape index (κ1) is 18.5. The van der Waals surface area contributed by atoms with E-state index in [2.05, 4.69) is 24.0 Å². The van der Waals surface area contributed by atoms with Gasteiger partial charge in [0.05, 0.1) is 9.82 Å². The molecule has 2 aromatic carbocycles. The molecule has 26 heavy (non-hydrogen) atoms. The number of piperazine rings is 1. The average Bonchev–Trinajstić information content (AvgIpc) is 2.68. The van der Waals surface area contributed by atoms with Crippen molar-refractivity contribution in [1.82, 2.24) is 9.21 Å². The standard InChI is InChI=1S/C18H21N3O4S/c1-15(16-6-3-2-4-7-16)19-10-12-20(13-11-19)26(24,25)18-9-5-8-17(14-18)21(22)23/h2-9,14-15H,10-13H2,1H3. The van der Waals surface area contributed by atoms with E-state index in [1.165, 1.54) is 28.1 Å². The van der Waals surface area contributed by atoms with Crippen LogP contribution in [0.5, 0.6) is 0 Å². The van der Waals surface area contributed by atoms with Crippen LogP contribution in [0.2, 0.25) is 0 Å². The molecule has 7 nitrogen and oxygen atoms in total. The Hall–Kier alpha value is -2.29. The van der Waals surface area contributed by atoms with Gasteiger partial charge in [0.2, 0.25) is 10.0 Å². The Morgan fingerprint density at radius 3 is 2.27 bits per heavy atom. The van der Waals surface area contributed by atoms with Crippen LogP contribution in [0.15, 0.2) is 59.5 Å². The van der Waals surface area contributed by atoms with Gasteiger partial charge in [-0.1, -0.05) is 36.4 Å². The zero-order chi connectivity index (χ0) is 18.7. The van der Waals surface area contributed by atoms with Crippen molar-refractivity contribution in [2.24, 2.45) is 0 Å². The van der Waals surface area contributed by atoms with Gasteiger partial charge in [-0.2, -0.15) is 4.31 Å². The lowest BCUT2D eigenvalue weighted by Gasteiger charge is -2.37. The monoisotopic (exact) mass is 375 g/mol. The lowest BCUT2D eigenvalue weighted by molar-refractivity contribution is -0.385. The van der Waals surface area contributed by atoms with Gasteiger partial charge >= 0.3 is 0 Å². The molecule has 0 bridgehead atoms. The molecule has 0 aromatic heterocycles. The summed E-state index contributed by atoms with van der Waals surface area (Å²) in [6, 6.07) is 15.5. The molecule has 0 saturated carbocycles. The summed E-state index contributed by atoms with van der Waals surface area (Å²) >= 11 is 0. The molecule has 0 aliphatic carbocycles. The fraction of sp³-hybridized carbons (Fsp3) is 0.333. The van der Waals surface area contributed by atoms with Gasteiger partial charge < -0.3 is 0 Å². The second-order valence-corrected chi connectivity index (χ2v) is 8.22. The smallest absolute Gasteiger partial charge is 0.270 e. The largest absolute Gasteiger partial charge is 0.294 e. The first-order valence-electron chi connectivity index (χ1n) is 8.43. The lowest BCUT2D eigenvalue weighted by Crippen LogP contribution is -2.49. The number of hydrogen-bond acceptors (Lipinski definition) is 5. The van der Waals surface area contributed by atoms with Crippen molar-refractivity contribution in [3.8, 4) is 0 Å². The van der Waals surface area contributed by atoms with Gasteiger partial charge in [0.25, 0.3) is 5.69 Å². The van der Waals surface area contributed by atoms with Crippen LogP contribution >= 0.6 is 0 Å². The Bertz CT molecular complexity index is 878. The zero-order valence-corrected chi connectivity index (χ0v) is 15.3. The quantitative estimate of drug-likeness (QED) is 0.593. The van der Waals surface area contributed by atoms with E-state index in [0.29, 0.717) is 26.2 Å². The van der Waals surface area contributed by atoms with Crippen molar-refractivity contribution >= 4 is 15.7 Å². The first-order valence-corrected chi connectivity index (χ1v) is 9.87. The number of rotatable bonds is 5. The highest BCUT2D eigenvalue weighted by molar-refractivity contribution is 7.89. The van der Waals surface area contributed by atoms with Crippen molar-refractivity contribution in [3.05, 3.63) is 70.3 Å². The lowest BCUT2D eigenvalue weighted by atomic mass is 10.1. The molecule has 1 fully saturated rings. The van der Waals surface area contributed by atoms with Crippen LogP contribution in [-0.2, 0) is 10.0 Å². The van der Waals surface area contributed by atoms with E-state index in [9.17, 15) is 18.5 Å². The molecule has 0 spiro atoms. The molecule has 1 aliphatic rings. The summed E-state index contributed by atoms with van der Waals surface area (Å²) in [5.74, 6) is 0. The molecule has 8 heteroatoms. The second-order valence-electron chi connectivity index (χ2n) is 6.28. The number of non-ortho nitro benzene ring substituents is 1. The number of benzene rings is 2. The SMILES string of the molecule is CC(c1ccccc1)N1CCN(S(=O)(=O)c2cccc([N+](=O)[O-])c2)CC1. The minimum Gasteiger partial charge on any atom is -0.294 e. The maximum atomic E-state index is 12.8. The van der Waals surface area contributed by atoms with Gasteiger partial charge in [-0.3, -0.25) is 15.0 Å². The van der Waals surface area contributed by atoms with Crippen LogP contribution in [0.3, 0.4) is 0 Å². The second kappa shape index (κ2) is 7.53. The van der Waals surface area contributed by atoms with Gasteiger partial charge in [-0.05, 0) is 18.6 Å². The van der Waals surface area contributed by atoms with Crippen LogP contribution in [0.4, 0.5) is 5.69 Å². The molecule has 1 unspecified atom stereocenters. The first-order chi connectivity index (χ1) is 12.4. The molecule has 1 saturated heterocycles. The fourth-order valence-electron chi connectivity index (χ4n) is 3.18. The number of nitro benzene ring substituents is 1. The van der Waals surface area contributed by atoms with Crippen molar-refractivity contribution in [3.63, 3.8) is 0 Å². The number of nitrogens with zero attached hydrogens (tertiary/aromatic N) is 3. The summed E-state index contributed by atoms with van der Waals surface area (Å²) in [4.78, 5) is 12.5. The molecule has 2 aromatic rings. The summed E-state index contributed by atoms with van der Waals surface area (Å²) in [7, 11) is -3.73. The van der Waals surface area contributed by atoms with Crippen molar-refractivity contribution in [2.75, 3.05) is 26.2 Å². The van der Waals surface area contributed by atoms with Crippen LogP contribution < -0.4 is 0 Å². The summed E-state index contributed by atoms with van der Waals surface area (Å²) in [6.45, 7) is 4.07. The summed E-state index contributed by atoms with van der Waals surface area (Å²) in [6.07, 6.45) is 0. The Morgan fingerprint density at radius 2 is 1.65 bits per heavy atom. The van der Waals surface area contributed by atoms with E-state index in [1.807, 2.05) is 18.2 Å². The highest BCUT2D eigenvalue weighted by atomic mass is 32.2. The van der Waals surface area contributed by atoms with E-state index in [1.54, 1.807) is 0 Å². The number of hydrogen-bond donors (Lipinski definition) is 0. The van der Waals surface area contributed by atoms with Gasteiger partial charge in [0.15, 0.2) is 0 Å². The molecule has 0 N–H and O–H groups in total. The maximum absolute atomic E-state index is 12.8. The highest BCUT2D eigenvalue weighted by Crippen LogP contribution is 2.25. The van der Waals surface area contributed by atoms with Crippen molar-refractivity contribution in [2.45, 2.75) is 17.9 Å². The Balaban J connectivity index is 1.71. The third-order valence-corrected chi connectivity index (χ3v) is 6.66. The predicted octanol–water partition coefficient (Wildman–Crippen LogP) is 2.66. The maximum Gasteiger partial charge on any atom is 0.270 e. The predicted molar refractivity (Wildman–Crippen MR) is 98.3 cm³/mol. The van der Waals surface area contributed by atoms with Crippen LogP contribution in [-0.4, -0.2) is 48.7 Å². The van der Waals surface area contributed by atoms with Gasteiger partial charge in [0.1, 0.15) is 0 Å². The number of nitro groups is 1. The van der Waals surface area contributed by atoms with E-state index in [0.717, 1.165) is 6.07 Å². The third kappa shape index (κ3) is 3.77. The molecule has 1 aliphatic heterocycles. The number of sulfonamides is 1. The Kier molecular flexibility index (Phi) is 5.36. The summed E-state index contributed by atoms with van der Waals surface area (Å²) < 4.78 is 27.0. The van der Waals surface area contributed by atoms with Gasteiger partial charge in [0, 0.05) is 44.4 Å². The van der Waals surface area contributed by atoms with Crippen LogP contribution in [0, 0.1) is 10.1 Å². The van der Waals surface area contributed by atoms with E-state index in [4.69, 9.17) is 0 Å². The highest BCUT2D eigenvalue weighted by Gasteiger charge is 2.31. The van der Waals surface area contributed by atoms with E-state index >= 15 is 0 Å². The van der Waals surface area contributed by atoms with Crippen molar-refractivity contribution in [1.29, 1.82) is 0 Å². The van der Waals surface area contributed by atoms with Gasteiger partial charge in [-0.15, -0.1) is 0 Å². The van der Waals surface area contributed by atoms with E-state index in [-0.39, 0.29) is 16.6 Å². The summed E-state index contributed by atoms with van der Waals surface area (Å²) in [5.41, 5.74) is 0.977. The third-order valence-electron chi connectivity index (χ3n) is 4.77. The van der Waals surface area contributed by atoms with Crippen LogP contribution in [0.1, 0.15) is 18.5 Å². The molecule has 0 amide bonds.